The molecule has 2 aromatic rings. The predicted molar refractivity (Wildman–Crippen MR) is 75.2 cm³/mol. The van der Waals surface area contributed by atoms with E-state index in [1.807, 2.05) is 13.0 Å². The van der Waals surface area contributed by atoms with E-state index in [1.165, 1.54) is 6.07 Å². The first-order chi connectivity index (χ1) is 9.20. The van der Waals surface area contributed by atoms with Crippen LogP contribution in [0.15, 0.2) is 42.7 Å². The van der Waals surface area contributed by atoms with Crippen molar-refractivity contribution in [2.45, 2.75) is 19.4 Å². The van der Waals surface area contributed by atoms with Crippen LogP contribution in [0.4, 0.5) is 10.1 Å². The number of hydrogen-bond donors (Lipinski definition) is 2. The van der Waals surface area contributed by atoms with Crippen LogP contribution in [0.1, 0.15) is 24.1 Å². The molecule has 1 atom stereocenters. The largest absolute Gasteiger partial charge is 0.398 e. The number of nitrogens with one attached hydrogen (secondary N) is 1. The number of anilines is 1. The standard InChI is InChI=1S/C15H18FN3/c1-2-19-15(13-10-18-7-6-14(13)17)9-11-4-3-5-12(16)8-11/h3-8,10,15,19H,2,9H2,1H3,(H2,17,18). The summed E-state index contributed by atoms with van der Waals surface area (Å²) in [6.45, 7) is 2.85. The maximum atomic E-state index is 13.2. The van der Waals surface area contributed by atoms with Gasteiger partial charge in [0.25, 0.3) is 0 Å². The molecular formula is C15H18FN3. The summed E-state index contributed by atoms with van der Waals surface area (Å²) >= 11 is 0. The van der Waals surface area contributed by atoms with E-state index in [0.717, 1.165) is 17.7 Å². The molecule has 0 aliphatic heterocycles. The lowest BCUT2D eigenvalue weighted by molar-refractivity contribution is 0.546. The van der Waals surface area contributed by atoms with Crippen molar-refractivity contribution in [3.8, 4) is 0 Å². The molecule has 0 aliphatic carbocycles. The third-order valence-electron chi connectivity index (χ3n) is 3.04. The average molecular weight is 259 g/mol. The van der Waals surface area contributed by atoms with Crippen LogP contribution in [0.3, 0.4) is 0 Å². The molecule has 0 aliphatic rings. The average Bonchev–Trinajstić information content (AvgIpc) is 2.39. The summed E-state index contributed by atoms with van der Waals surface area (Å²) in [6, 6.07) is 8.47. The van der Waals surface area contributed by atoms with Crippen LogP contribution >= 0.6 is 0 Å². The van der Waals surface area contributed by atoms with Crippen LogP contribution in [0, 0.1) is 5.82 Å². The number of benzene rings is 1. The smallest absolute Gasteiger partial charge is 0.123 e. The van der Waals surface area contributed by atoms with E-state index in [4.69, 9.17) is 5.73 Å². The van der Waals surface area contributed by atoms with E-state index in [9.17, 15) is 4.39 Å². The fraction of sp³-hybridized carbons (Fsp3) is 0.267. The Morgan fingerprint density at radius 3 is 2.89 bits per heavy atom. The van der Waals surface area contributed by atoms with Crippen molar-refractivity contribution in [3.63, 3.8) is 0 Å². The first-order valence-corrected chi connectivity index (χ1v) is 6.38. The Balaban J connectivity index is 2.24. The summed E-state index contributed by atoms with van der Waals surface area (Å²) in [4.78, 5) is 4.11. The molecule has 0 saturated carbocycles. The zero-order valence-corrected chi connectivity index (χ0v) is 10.9. The molecule has 0 fully saturated rings. The van der Waals surface area contributed by atoms with Gasteiger partial charge in [0.05, 0.1) is 0 Å². The number of rotatable bonds is 5. The Kier molecular flexibility index (Phi) is 4.47. The summed E-state index contributed by atoms with van der Waals surface area (Å²) < 4.78 is 13.2. The van der Waals surface area contributed by atoms with Crippen molar-refractivity contribution < 1.29 is 4.39 Å². The molecule has 0 saturated heterocycles. The number of pyridine rings is 1. The molecule has 1 aromatic carbocycles. The third-order valence-corrected chi connectivity index (χ3v) is 3.04. The molecule has 4 heteroatoms. The van der Waals surface area contributed by atoms with E-state index in [1.54, 1.807) is 30.6 Å². The van der Waals surface area contributed by atoms with Crippen LogP contribution < -0.4 is 11.1 Å². The van der Waals surface area contributed by atoms with Crippen molar-refractivity contribution in [3.05, 3.63) is 59.7 Å². The highest BCUT2D eigenvalue weighted by molar-refractivity contribution is 5.46. The molecule has 2 rings (SSSR count). The maximum absolute atomic E-state index is 13.2. The van der Waals surface area contributed by atoms with Crippen molar-refractivity contribution in [1.29, 1.82) is 0 Å². The lowest BCUT2D eigenvalue weighted by Gasteiger charge is -2.19. The van der Waals surface area contributed by atoms with E-state index < -0.39 is 0 Å². The topological polar surface area (TPSA) is 50.9 Å². The Bertz CT molecular complexity index is 542. The highest BCUT2D eigenvalue weighted by atomic mass is 19.1. The van der Waals surface area contributed by atoms with Gasteiger partial charge in [0.1, 0.15) is 5.82 Å². The van der Waals surface area contributed by atoms with E-state index in [0.29, 0.717) is 12.1 Å². The van der Waals surface area contributed by atoms with Gasteiger partial charge in [-0.05, 0) is 36.7 Å². The molecule has 1 unspecified atom stereocenters. The van der Waals surface area contributed by atoms with Gasteiger partial charge in [-0.1, -0.05) is 19.1 Å². The Morgan fingerprint density at radius 2 is 2.21 bits per heavy atom. The van der Waals surface area contributed by atoms with E-state index >= 15 is 0 Å². The molecule has 1 aromatic heterocycles. The van der Waals surface area contributed by atoms with Crippen molar-refractivity contribution >= 4 is 5.69 Å². The lowest BCUT2D eigenvalue weighted by atomic mass is 9.99. The minimum atomic E-state index is -0.216. The number of nitrogens with zero attached hydrogens (tertiary/aromatic N) is 1. The number of nitrogen functional groups attached to an aromatic ring is 1. The van der Waals surface area contributed by atoms with Crippen LogP contribution in [0.25, 0.3) is 0 Å². The van der Waals surface area contributed by atoms with Gasteiger partial charge in [0, 0.05) is 29.7 Å². The third kappa shape index (κ3) is 3.51. The molecule has 19 heavy (non-hydrogen) atoms. The SMILES string of the molecule is CCNC(Cc1cccc(F)c1)c1cnccc1N. The van der Waals surface area contributed by atoms with Gasteiger partial charge in [-0.15, -0.1) is 0 Å². The van der Waals surface area contributed by atoms with Crippen LogP contribution in [0.2, 0.25) is 0 Å². The fourth-order valence-corrected chi connectivity index (χ4v) is 2.15. The fourth-order valence-electron chi connectivity index (χ4n) is 2.15. The van der Waals surface area contributed by atoms with Crippen LogP contribution in [-0.2, 0) is 6.42 Å². The van der Waals surface area contributed by atoms with Gasteiger partial charge < -0.3 is 11.1 Å². The van der Waals surface area contributed by atoms with Gasteiger partial charge in [0.15, 0.2) is 0 Å². The molecule has 0 spiro atoms. The Labute approximate surface area is 112 Å². The van der Waals surface area contributed by atoms with Gasteiger partial charge in [-0.25, -0.2) is 4.39 Å². The number of halogens is 1. The molecule has 0 radical (unpaired) electrons. The highest BCUT2D eigenvalue weighted by Gasteiger charge is 2.14. The summed E-state index contributed by atoms with van der Waals surface area (Å²) in [6.07, 6.45) is 4.12. The summed E-state index contributed by atoms with van der Waals surface area (Å²) in [7, 11) is 0. The molecule has 100 valence electrons. The molecule has 3 nitrogen and oxygen atoms in total. The molecule has 1 heterocycles. The molecule has 0 amide bonds. The maximum Gasteiger partial charge on any atom is 0.123 e. The second-order valence-corrected chi connectivity index (χ2v) is 4.45. The highest BCUT2D eigenvalue weighted by Crippen LogP contribution is 2.23. The van der Waals surface area contributed by atoms with Crippen LogP contribution in [0.5, 0.6) is 0 Å². The summed E-state index contributed by atoms with van der Waals surface area (Å²) in [5.74, 6) is -0.216. The first-order valence-electron chi connectivity index (χ1n) is 6.38. The zero-order chi connectivity index (χ0) is 13.7. The molecular weight excluding hydrogens is 241 g/mol. The predicted octanol–water partition coefficient (Wildman–Crippen LogP) is 2.70. The first kappa shape index (κ1) is 13.5. The van der Waals surface area contributed by atoms with Crippen molar-refractivity contribution in [2.75, 3.05) is 12.3 Å². The molecule has 3 N–H and O–H groups in total. The van der Waals surface area contributed by atoms with Gasteiger partial charge >= 0.3 is 0 Å². The monoisotopic (exact) mass is 259 g/mol. The van der Waals surface area contributed by atoms with Crippen molar-refractivity contribution in [1.82, 2.24) is 10.3 Å². The number of hydrogen-bond acceptors (Lipinski definition) is 3. The van der Waals surface area contributed by atoms with E-state index in [2.05, 4.69) is 10.3 Å². The minimum absolute atomic E-state index is 0.0421. The van der Waals surface area contributed by atoms with Crippen LogP contribution in [-0.4, -0.2) is 11.5 Å². The van der Waals surface area contributed by atoms with Gasteiger partial charge in [-0.2, -0.15) is 0 Å². The quantitative estimate of drug-likeness (QED) is 0.868. The lowest BCUT2D eigenvalue weighted by Crippen LogP contribution is -2.24. The minimum Gasteiger partial charge on any atom is -0.398 e. The Morgan fingerprint density at radius 1 is 1.37 bits per heavy atom. The van der Waals surface area contributed by atoms with Gasteiger partial charge in [0.2, 0.25) is 0 Å². The van der Waals surface area contributed by atoms with E-state index in [-0.39, 0.29) is 11.9 Å². The number of nitrogens with two attached hydrogens (primary N) is 1. The second-order valence-electron chi connectivity index (χ2n) is 4.45. The second kappa shape index (κ2) is 6.29. The Hall–Kier alpha value is -1.94. The summed E-state index contributed by atoms with van der Waals surface area (Å²) in [5.41, 5.74) is 8.58. The molecule has 0 bridgehead atoms. The zero-order valence-electron chi connectivity index (χ0n) is 10.9. The van der Waals surface area contributed by atoms with Gasteiger partial charge in [-0.3, -0.25) is 4.98 Å². The number of likely N-dealkylation sites (N-methyl/N-ethyl adjacent to an activating group) is 1. The normalized spacial score (nSPS) is 12.3. The summed E-state index contributed by atoms with van der Waals surface area (Å²) in [5, 5.41) is 3.37. The van der Waals surface area contributed by atoms with Crippen molar-refractivity contribution in [2.24, 2.45) is 0 Å². The number of aromatic nitrogens is 1.